The summed E-state index contributed by atoms with van der Waals surface area (Å²) in [5, 5.41) is 26.5. The van der Waals surface area contributed by atoms with E-state index in [1.54, 1.807) is 0 Å². The first kappa shape index (κ1) is 21.7. The number of aryl methyl sites for hydroxylation is 1. The number of nitrogens with zero attached hydrogens (tertiary/aromatic N) is 2. The van der Waals surface area contributed by atoms with E-state index in [9.17, 15) is 20.2 Å². The van der Waals surface area contributed by atoms with Gasteiger partial charge in [0.15, 0.2) is 0 Å². The van der Waals surface area contributed by atoms with Crippen LogP contribution in [0.4, 0.5) is 10.7 Å². The molecule has 0 bridgehead atoms. The topological polar surface area (TPSA) is 108 Å². The Bertz CT molecular complexity index is 980. The first-order valence-corrected chi connectivity index (χ1v) is 10.6. The van der Waals surface area contributed by atoms with Crippen LogP contribution in [0.1, 0.15) is 39.2 Å². The molecule has 1 heterocycles. The average Bonchev–Trinajstić information content (AvgIpc) is 3.03. The summed E-state index contributed by atoms with van der Waals surface area (Å²) in [7, 11) is 0. The second-order valence-corrected chi connectivity index (χ2v) is 9.90. The van der Waals surface area contributed by atoms with Crippen molar-refractivity contribution in [2.75, 3.05) is 5.32 Å². The van der Waals surface area contributed by atoms with Crippen molar-refractivity contribution in [3.05, 3.63) is 55.9 Å². The summed E-state index contributed by atoms with van der Waals surface area (Å²) >= 11 is 19.6. The smallest absolute Gasteiger partial charge is 0.269 e. The van der Waals surface area contributed by atoms with Crippen molar-refractivity contribution in [2.24, 2.45) is 0 Å². The Morgan fingerprint density at radius 2 is 1.90 bits per heavy atom. The summed E-state index contributed by atoms with van der Waals surface area (Å²) in [5.41, 5.74) is 1.55. The quantitative estimate of drug-likeness (QED) is 0.276. The molecule has 1 atom stereocenters. The number of benzene rings is 1. The Labute approximate surface area is 185 Å². The van der Waals surface area contributed by atoms with Crippen molar-refractivity contribution < 1.29 is 9.72 Å². The number of carbonyl (C=O) groups excluding carboxylic acids is 1. The van der Waals surface area contributed by atoms with Gasteiger partial charge in [-0.1, -0.05) is 34.8 Å². The van der Waals surface area contributed by atoms with Crippen molar-refractivity contribution in [1.82, 2.24) is 5.32 Å². The van der Waals surface area contributed by atoms with Crippen molar-refractivity contribution in [3.8, 4) is 6.07 Å². The van der Waals surface area contributed by atoms with E-state index in [4.69, 9.17) is 34.8 Å². The minimum Gasteiger partial charge on any atom is -0.352 e. The molecule has 29 heavy (non-hydrogen) atoms. The van der Waals surface area contributed by atoms with Gasteiger partial charge in [0, 0.05) is 22.6 Å². The van der Waals surface area contributed by atoms with Crippen LogP contribution >= 0.6 is 46.1 Å². The molecule has 0 radical (unpaired) electrons. The summed E-state index contributed by atoms with van der Waals surface area (Å²) in [5.74, 6) is -0.580. The van der Waals surface area contributed by atoms with Gasteiger partial charge in [-0.2, -0.15) is 5.26 Å². The second-order valence-electron chi connectivity index (χ2n) is 6.42. The fourth-order valence-corrected chi connectivity index (χ4v) is 4.66. The molecule has 1 aromatic heterocycles. The summed E-state index contributed by atoms with van der Waals surface area (Å²) < 4.78 is -1.91. The standard InChI is InChI=1S/C18H15Cl3N4O3S/c19-18(20,21)17(23-15(26)10-5-7-11(8-6-10)25(27)28)24-16-13(9-22)12-3-1-2-4-14(12)29-16/h5-8,17,24H,1-4H2,(H,23,26)/t17-/m1/s1. The number of nitrogens with one attached hydrogen (secondary N) is 2. The van der Waals surface area contributed by atoms with Crippen LogP contribution in [0.15, 0.2) is 24.3 Å². The lowest BCUT2D eigenvalue weighted by molar-refractivity contribution is -0.384. The number of anilines is 1. The van der Waals surface area contributed by atoms with E-state index in [-0.39, 0.29) is 11.3 Å². The number of halogens is 3. The third kappa shape index (κ3) is 4.93. The normalized spacial score (nSPS) is 14.4. The zero-order valence-corrected chi connectivity index (χ0v) is 18.0. The van der Waals surface area contributed by atoms with Crippen molar-refractivity contribution >= 4 is 62.7 Å². The van der Waals surface area contributed by atoms with Crippen LogP contribution in [0.3, 0.4) is 0 Å². The molecule has 0 aliphatic heterocycles. The second kappa shape index (κ2) is 8.76. The molecule has 2 N–H and O–H groups in total. The van der Waals surface area contributed by atoms with Gasteiger partial charge in [0.05, 0.1) is 10.5 Å². The van der Waals surface area contributed by atoms with Crippen LogP contribution < -0.4 is 10.6 Å². The van der Waals surface area contributed by atoms with Gasteiger partial charge in [0.25, 0.3) is 11.6 Å². The predicted octanol–water partition coefficient (Wildman–Crippen LogP) is 4.94. The number of hydrogen-bond donors (Lipinski definition) is 2. The largest absolute Gasteiger partial charge is 0.352 e. The van der Waals surface area contributed by atoms with Crippen LogP contribution in [0.25, 0.3) is 0 Å². The van der Waals surface area contributed by atoms with Gasteiger partial charge in [-0.15, -0.1) is 11.3 Å². The SMILES string of the molecule is N#Cc1c(N[C@@H](NC(=O)c2ccc([N+](=O)[O-])cc2)C(Cl)(Cl)Cl)sc2c1CCCC2. The molecule has 0 saturated carbocycles. The molecule has 0 spiro atoms. The van der Waals surface area contributed by atoms with Crippen molar-refractivity contribution in [2.45, 2.75) is 35.6 Å². The molecule has 0 saturated heterocycles. The molecule has 152 valence electrons. The molecule has 0 fully saturated rings. The first-order chi connectivity index (χ1) is 13.7. The van der Waals surface area contributed by atoms with Crippen LogP contribution in [0.2, 0.25) is 0 Å². The Morgan fingerprint density at radius 3 is 2.48 bits per heavy atom. The van der Waals surface area contributed by atoms with Gasteiger partial charge >= 0.3 is 0 Å². The minimum absolute atomic E-state index is 0.138. The van der Waals surface area contributed by atoms with Gasteiger partial charge in [-0.25, -0.2) is 0 Å². The molecule has 0 unspecified atom stereocenters. The first-order valence-electron chi connectivity index (χ1n) is 8.64. The number of alkyl halides is 3. The maximum atomic E-state index is 12.6. The summed E-state index contributed by atoms with van der Waals surface area (Å²) in [4.78, 5) is 23.9. The van der Waals surface area contributed by atoms with Gasteiger partial charge in [0.2, 0.25) is 3.79 Å². The van der Waals surface area contributed by atoms with Gasteiger partial charge < -0.3 is 10.6 Å². The van der Waals surface area contributed by atoms with Crippen LogP contribution in [0, 0.1) is 21.4 Å². The van der Waals surface area contributed by atoms with Crippen LogP contribution in [-0.2, 0) is 12.8 Å². The number of nitro benzene ring substituents is 1. The highest BCUT2D eigenvalue weighted by Crippen LogP contribution is 2.40. The lowest BCUT2D eigenvalue weighted by Gasteiger charge is -2.27. The average molecular weight is 474 g/mol. The highest BCUT2D eigenvalue weighted by Gasteiger charge is 2.36. The number of thiophene rings is 1. The molecule has 1 aliphatic carbocycles. The Morgan fingerprint density at radius 1 is 1.24 bits per heavy atom. The summed E-state index contributed by atoms with van der Waals surface area (Å²) in [6, 6.07) is 7.26. The number of hydrogen-bond acceptors (Lipinski definition) is 6. The Balaban J connectivity index is 1.82. The molecule has 2 aromatic rings. The molecule has 1 aliphatic rings. The fourth-order valence-electron chi connectivity index (χ4n) is 3.07. The van der Waals surface area contributed by atoms with E-state index in [1.165, 1.54) is 35.6 Å². The van der Waals surface area contributed by atoms with E-state index in [0.717, 1.165) is 36.1 Å². The lowest BCUT2D eigenvalue weighted by atomic mass is 9.96. The number of fused-ring (bicyclic) bond motifs is 1. The molecule has 11 heteroatoms. The Kier molecular flexibility index (Phi) is 6.54. The zero-order chi connectivity index (χ0) is 21.2. The number of rotatable bonds is 5. The minimum atomic E-state index is -1.91. The third-order valence-corrected chi connectivity index (χ3v) is 6.38. The number of non-ortho nitro benzene ring substituents is 1. The highest BCUT2D eigenvalue weighted by atomic mass is 35.6. The molecular formula is C18H15Cl3N4O3S. The number of nitriles is 1. The van der Waals surface area contributed by atoms with Gasteiger partial charge in [0.1, 0.15) is 17.2 Å². The van der Waals surface area contributed by atoms with Gasteiger partial charge in [-0.05, 0) is 43.4 Å². The van der Waals surface area contributed by atoms with Crippen molar-refractivity contribution in [3.63, 3.8) is 0 Å². The van der Waals surface area contributed by atoms with Gasteiger partial charge in [-0.3, -0.25) is 14.9 Å². The number of carbonyl (C=O) groups is 1. The maximum Gasteiger partial charge on any atom is 0.269 e. The summed E-state index contributed by atoms with van der Waals surface area (Å²) in [6.07, 6.45) is 2.67. The Hall–Kier alpha value is -2.05. The molecular weight excluding hydrogens is 459 g/mol. The highest BCUT2D eigenvalue weighted by molar-refractivity contribution is 7.16. The van der Waals surface area contributed by atoms with Crippen molar-refractivity contribution in [1.29, 1.82) is 5.26 Å². The van der Waals surface area contributed by atoms with Crippen LogP contribution in [0.5, 0.6) is 0 Å². The lowest BCUT2D eigenvalue weighted by Crippen LogP contribution is -2.49. The van der Waals surface area contributed by atoms with E-state index in [0.29, 0.717) is 10.6 Å². The molecule has 1 aromatic carbocycles. The van der Waals surface area contributed by atoms with E-state index in [2.05, 4.69) is 16.7 Å². The van der Waals surface area contributed by atoms with E-state index < -0.39 is 20.8 Å². The van der Waals surface area contributed by atoms with Crippen LogP contribution in [-0.4, -0.2) is 20.8 Å². The van der Waals surface area contributed by atoms with E-state index >= 15 is 0 Å². The molecule has 1 amide bonds. The summed E-state index contributed by atoms with van der Waals surface area (Å²) in [6.45, 7) is 0. The molecule has 3 rings (SSSR count). The predicted molar refractivity (Wildman–Crippen MR) is 114 cm³/mol. The monoisotopic (exact) mass is 472 g/mol. The fraction of sp³-hybridized carbons (Fsp3) is 0.333. The number of nitro groups is 1. The third-order valence-electron chi connectivity index (χ3n) is 4.50. The van der Waals surface area contributed by atoms with E-state index in [1.807, 2.05) is 0 Å². The maximum absolute atomic E-state index is 12.6. The zero-order valence-electron chi connectivity index (χ0n) is 14.9. The molecule has 7 nitrogen and oxygen atoms in total. The number of amides is 1.